The lowest BCUT2D eigenvalue weighted by Gasteiger charge is -2.26. The summed E-state index contributed by atoms with van der Waals surface area (Å²) >= 11 is 12.1. The van der Waals surface area contributed by atoms with Crippen LogP contribution in [0.2, 0.25) is 10.0 Å². The molecule has 1 saturated heterocycles. The first-order valence-corrected chi connectivity index (χ1v) is 8.61. The van der Waals surface area contributed by atoms with Gasteiger partial charge < -0.3 is 9.64 Å². The average molecular weight is 389 g/mol. The van der Waals surface area contributed by atoms with Crippen LogP contribution in [0, 0.1) is 11.3 Å². The van der Waals surface area contributed by atoms with Gasteiger partial charge in [0.2, 0.25) is 11.7 Å². The molecule has 2 heterocycles. The summed E-state index contributed by atoms with van der Waals surface area (Å²) in [5.74, 6) is 0.0461. The Hall–Kier alpha value is -2.46. The molecule has 0 bridgehead atoms. The third kappa shape index (κ3) is 4.02. The minimum absolute atomic E-state index is 0.0947. The molecule has 0 radical (unpaired) electrons. The van der Waals surface area contributed by atoms with Gasteiger partial charge in [-0.15, -0.1) is 0 Å². The van der Waals surface area contributed by atoms with Crippen LogP contribution in [0.25, 0.3) is 6.08 Å². The van der Waals surface area contributed by atoms with Crippen molar-refractivity contribution in [3.05, 3.63) is 57.3 Å². The summed E-state index contributed by atoms with van der Waals surface area (Å²) in [5.41, 5.74) is 0.548. The maximum Gasteiger partial charge on any atom is 0.225 e. The lowest BCUT2D eigenvalue weighted by Crippen LogP contribution is -2.37. The number of ether oxygens (including phenoxy) is 1. The van der Waals surface area contributed by atoms with Gasteiger partial charge in [-0.1, -0.05) is 29.3 Å². The van der Waals surface area contributed by atoms with E-state index in [2.05, 4.69) is 9.97 Å². The molecule has 1 fully saturated rings. The van der Waals surface area contributed by atoms with Crippen molar-refractivity contribution in [2.75, 3.05) is 31.2 Å². The molecule has 0 atom stereocenters. The molecule has 0 unspecified atom stereocenters. The maximum atomic E-state index is 12.6. The molecule has 0 N–H and O–H groups in total. The van der Waals surface area contributed by atoms with Crippen molar-refractivity contribution in [1.29, 1.82) is 5.26 Å². The second kappa shape index (κ2) is 8.28. The summed E-state index contributed by atoms with van der Waals surface area (Å²) in [6, 6.07) is 6.63. The molecule has 26 heavy (non-hydrogen) atoms. The highest BCUT2D eigenvalue weighted by Crippen LogP contribution is 2.27. The number of Topliss-reactive ketones (excluding diaryl/α,β-unsaturated/α-hetero) is 1. The largest absolute Gasteiger partial charge is 0.378 e. The van der Waals surface area contributed by atoms with Gasteiger partial charge in [0, 0.05) is 31.0 Å². The van der Waals surface area contributed by atoms with Crippen molar-refractivity contribution in [2.24, 2.45) is 0 Å². The highest BCUT2D eigenvalue weighted by Gasteiger charge is 2.19. The molecule has 1 aromatic heterocycles. The van der Waals surface area contributed by atoms with E-state index in [-0.39, 0.29) is 21.2 Å². The zero-order valence-corrected chi connectivity index (χ0v) is 15.2. The third-order valence-electron chi connectivity index (χ3n) is 3.82. The summed E-state index contributed by atoms with van der Waals surface area (Å²) in [4.78, 5) is 23.2. The quantitative estimate of drug-likeness (QED) is 0.453. The van der Waals surface area contributed by atoms with Gasteiger partial charge in [0.05, 0.1) is 28.8 Å². The lowest BCUT2D eigenvalue weighted by atomic mass is 10.0. The summed E-state index contributed by atoms with van der Waals surface area (Å²) in [5, 5.41) is 9.76. The molecule has 132 valence electrons. The average Bonchev–Trinajstić information content (AvgIpc) is 2.67. The molecule has 1 aromatic carbocycles. The Morgan fingerprint density at radius 2 is 1.81 bits per heavy atom. The number of benzene rings is 1. The third-order valence-corrected chi connectivity index (χ3v) is 4.45. The molecule has 8 heteroatoms. The summed E-state index contributed by atoms with van der Waals surface area (Å²) in [6.07, 6.45) is 4.55. The number of ketones is 1. The van der Waals surface area contributed by atoms with Gasteiger partial charge in [0.25, 0.3) is 0 Å². The van der Waals surface area contributed by atoms with E-state index in [1.165, 1.54) is 6.08 Å². The van der Waals surface area contributed by atoms with Crippen LogP contribution in [-0.4, -0.2) is 42.1 Å². The Balaban J connectivity index is 1.85. The molecule has 1 aliphatic heterocycles. The van der Waals surface area contributed by atoms with Crippen molar-refractivity contribution >= 4 is 41.0 Å². The van der Waals surface area contributed by atoms with Crippen molar-refractivity contribution < 1.29 is 9.53 Å². The van der Waals surface area contributed by atoms with Crippen LogP contribution >= 0.6 is 23.2 Å². The highest BCUT2D eigenvalue weighted by atomic mass is 35.5. The second-order valence-electron chi connectivity index (χ2n) is 5.51. The van der Waals surface area contributed by atoms with E-state index < -0.39 is 5.78 Å². The number of hydrogen-bond acceptors (Lipinski definition) is 6. The predicted molar refractivity (Wildman–Crippen MR) is 99.4 cm³/mol. The molecule has 1 aliphatic rings. The number of allylic oxidation sites excluding steroid dienone is 1. The SMILES string of the molecule is N#C/C(=C/c1cnc(N2CCOCC2)nc1)C(=O)c1c(Cl)cccc1Cl. The van der Waals surface area contributed by atoms with Gasteiger partial charge in [-0.25, -0.2) is 9.97 Å². The number of nitriles is 1. The zero-order chi connectivity index (χ0) is 18.5. The molecule has 0 spiro atoms. The number of carbonyl (C=O) groups excluding carboxylic acids is 1. The zero-order valence-electron chi connectivity index (χ0n) is 13.7. The van der Waals surface area contributed by atoms with Crippen LogP contribution in [0.5, 0.6) is 0 Å². The van der Waals surface area contributed by atoms with Crippen LogP contribution < -0.4 is 4.90 Å². The van der Waals surface area contributed by atoms with E-state index in [4.69, 9.17) is 27.9 Å². The van der Waals surface area contributed by atoms with E-state index in [1.807, 2.05) is 11.0 Å². The van der Waals surface area contributed by atoms with Crippen LogP contribution in [0.4, 0.5) is 5.95 Å². The monoisotopic (exact) mass is 388 g/mol. The first-order chi connectivity index (χ1) is 12.6. The Morgan fingerprint density at radius 3 is 2.38 bits per heavy atom. The summed E-state index contributed by atoms with van der Waals surface area (Å²) in [6.45, 7) is 2.72. The number of nitrogens with zero attached hydrogens (tertiary/aromatic N) is 4. The smallest absolute Gasteiger partial charge is 0.225 e. The first kappa shape index (κ1) is 18.3. The van der Waals surface area contributed by atoms with Crippen molar-refractivity contribution in [2.45, 2.75) is 0 Å². The molecule has 0 aliphatic carbocycles. The molecular weight excluding hydrogens is 375 g/mol. The van der Waals surface area contributed by atoms with E-state index in [9.17, 15) is 10.1 Å². The number of halogens is 2. The van der Waals surface area contributed by atoms with E-state index in [0.717, 1.165) is 13.1 Å². The topological polar surface area (TPSA) is 79.1 Å². The molecule has 2 aromatic rings. The van der Waals surface area contributed by atoms with Gasteiger partial charge in [-0.05, 0) is 18.2 Å². The molecule has 0 saturated carbocycles. The maximum absolute atomic E-state index is 12.6. The van der Waals surface area contributed by atoms with Gasteiger partial charge in [0.1, 0.15) is 11.6 Å². The van der Waals surface area contributed by atoms with Crippen LogP contribution in [0.3, 0.4) is 0 Å². The standard InChI is InChI=1S/C18H14Cl2N4O2/c19-14-2-1-3-15(20)16(14)17(25)13(9-21)8-12-10-22-18(23-11-12)24-4-6-26-7-5-24/h1-3,8,10-11H,4-7H2/b13-8-. The summed E-state index contributed by atoms with van der Waals surface area (Å²) < 4.78 is 5.30. The van der Waals surface area contributed by atoms with Gasteiger partial charge in [0.15, 0.2) is 0 Å². The van der Waals surface area contributed by atoms with Crippen LogP contribution in [0.1, 0.15) is 15.9 Å². The first-order valence-electron chi connectivity index (χ1n) is 7.85. The Bertz CT molecular complexity index is 865. The van der Waals surface area contributed by atoms with Gasteiger partial charge >= 0.3 is 0 Å². The van der Waals surface area contributed by atoms with E-state index in [0.29, 0.717) is 24.7 Å². The van der Waals surface area contributed by atoms with Crippen LogP contribution in [-0.2, 0) is 4.74 Å². The van der Waals surface area contributed by atoms with Crippen LogP contribution in [0.15, 0.2) is 36.2 Å². The molecule has 6 nitrogen and oxygen atoms in total. The number of hydrogen-bond donors (Lipinski definition) is 0. The second-order valence-corrected chi connectivity index (χ2v) is 6.33. The number of anilines is 1. The van der Waals surface area contributed by atoms with Crippen molar-refractivity contribution in [1.82, 2.24) is 9.97 Å². The van der Waals surface area contributed by atoms with Gasteiger partial charge in [-0.3, -0.25) is 4.79 Å². The number of carbonyl (C=O) groups is 1. The molecule has 0 amide bonds. The fourth-order valence-electron chi connectivity index (χ4n) is 2.50. The number of morpholine rings is 1. The fraction of sp³-hybridized carbons (Fsp3) is 0.222. The molecular formula is C18H14Cl2N4O2. The summed E-state index contributed by atoms with van der Waals surface area (Å²) in [7, 11) is 0. The minimum atomic E-state index is -0.541. The highest BCUT2D eigenvalue weighted by molar-refractivity contribution is 6.41. The number of rotatable bonds is 4. The van der Waals surface area contributed by atoms with E-state index in [1.54, 1.807) is 30.6 Å². The minimum Gasteiger partial charge on any atom is -0.378 e. The van der Waals surface area contributed by atoms with Crippen molar-refractivity contribution in [3.8, 4) is 6.07 Å². The predicted octanol–water partition coefficient (Wildman–Crippen LogP) is 3.41. The van der Waals surface area contributed by atoms with E-state index >= 15 is 0 Å². The van der Waals surface area contributed by atoms with Crippen molar-refractivity contribution in [3.63, 3.8) is 0 Å². The molecule has 3 rings (SSSR count). The normalized spacial score (nSPS) is 14.8. The Morgan fingerprint density at radius 1 is 1.19 bits per heavy atom. The number of aromatic nitrogens is 2. The fourth-order valence-corrected chi connectivity index (χ4v) is 3.07. The van der Waals surface area contributed by atoms with Gasteiger partial charge in [-0.2, -0.15) is 5.26 Å². The Labute approximate surface area is 160 Å². The lowest BCUT2D eigenvalue weighted by molar-refractivity contribution is 0.104. The Kier molecular flexibility index (Phi) is 5.84.